The van der Waals surface area contributed by atoms with Crippen molar-refractivity contribution in [1.82, 2.24) is 0 Å². The maximum absolute atomic E-state index is 11.9. The van der Waals surface area contributed by atoms with E-state index in [0.717, 1.165) is 0 Å². The summed E-state index contributed by atoms with van der Waals surface area (Å²) in [5.41, 5.74) is -0.843. The minimum absolute atomic E-state index is 0.0686. The molecule has 2 saturated heterocycles. The molecule has 0 spiro atoms. The summed E-state index contributed by atoms with van der Waals surface area (Å²) in [5.74, 6) is -1.26. The lowest BCUT2D eigenvalue weighted by molar-refractivity contribution is -0.230. The van der Waals surface area contributed by atoms with Crippen LogP contribution in [-0.4, -0.2) is 47.6 Å². The molecule has 1 N–H and O–H groups in total. The van der Waals surface area contributed by atoms with Gasteiger partial charge in [-0.15, -0.1) is 0 Å². The van der Waals surface area contributed by atoms with Crippen molar-refractivity contribution in [2.75, 3.05) is 6.61 Å². The molecule has 3 rings (SSSR count). The van der Waals surface area contributed by atoms with Crippen LogP contribution in [0.25, 0.3) is 0 Å². The molecule has 4 atom stereocenters. The van der Waals surface area contributed by atoms with Gasteiger partial charge in [-0.05, 0) is 32.9 Å². The molecule has 0 amide bonds. The van der Waals surface area contributed by atoms with Crippen molar-refractivity contribution in [2.45, 2.75) is 50.7 Å². The maximum Gasteiger partial charge on any atom is 0.338 e. The van der Waals surface area contributed by atoms with E-state index in [1.54, 1.807) is 45.0 Å². The molecule has 22 heavy (non-hydrogen) atoms. The first-order chi connectivity index (χ1) is 10.3. The Hall–Kier alpha value is -1.47. The summed E-state index contributed by atoms with van der Waals surface area (Å²) in [5, 5.41) is 10.6. The van der Waals surface area contributed by atoms with Gasteiger partial charge in [0.25, 0.3) is 0 Å². The first kappa shape index (κ1) is 15.4. The molecular weight excluding hydrogens is 288 g/mol. The number of esters is 1. The van der Waals surface area contributed by atoms with E-state index in [0.29, 0.717) is 5.56 Å². The Morgan fingerprint density at radius 2 is 1.91 bits per heavy atom. The molecular formula is C16H20O6. The van der Waals surface area contributed by atoms with E-state index >= 15 is 0 Å². The third-order valence-corrected chi connectivity index (χ3v) is 3.96. The second-order valence-corrected chi connectivity index (χ2v) is 6.24. The highest BCUT2D eigenvalue weighted by atomic mass is 16.8. The van der Waals surface area contributed by atoms with Crippen LogP contribution in [-0.2, 0) is 18.9 Å². The van der Waals surface area contributed by atoms with Crippen LogP contribution >= 0.6 is 0 Å². The van der Waals surface area contributed by atoms with E-state index in [-0.39, 0.29) is 6.61 Å². The first-order valence-corrected chi connectivity index (χ1v) is 7.25. The molecule has 0 saturated carbocycles. The zero-order valence-electron chi connectivity index (χ0n) is 12.8. The van der Waals surface area contributed by atoms with Gasteiger partial charge >= 0.3 is 5.97 Å². The zero-order chi connectivity index (χ0) is 16.0. The molecule has 1 aromatic rings. The minimum atomic E-state index is -1.30. The predicted molar refractivity (Wildman–Crippen MR) is 76.0 cm³/mol. The number of carbonyl (C=O) groups is 1. The van der Waals surface area contributed by atoms with Crippen molar-refractivity contribution >= 4 is 5.97 Å². The van der Waals surface area contributed by atoms with Crippen LogP contribution in [0.3, 0.4) is 0 Å². The molecule has 2 aliphatic heterocycles. The number of ether oxygens (including phenoxy) is 4. The van der Waals surface area contributed by atoms with Crippen molar-refractivity contribution in [2.24, 2.45) is 0 Å². The summed E-state index contributed by atoms with van der Waals surface area (Å²) in [6.45, 7) is 5.05. The highest BCUT2D eigenvalue weighted by molar-refractivity contribution is 5.89. The standard InChI is InChI=1S/C16H20O6/c1-15(2)21-12-14(22-15)20-11(16(12,3)18)9-19-13(17)10-7-5-4-6-8-10/h4-8,11-12,14,18H,9H2,1-3H3. The molecule has 0 radical (unpaired) electrons. The van der Waals surface area contributed by atoms with Crippen molar-refractivity contribution in [3.8, 4) is 0 Å². The summed E-state index contributed by atoms with van der Waals surface area (Å²) >= 11 is 0. The Morgan fingerprint density at radius 3 is 2.55 bits per heavy atom. The van der Waals surface area contributed by atoms with Crippen molar-refractivity contribution in [1.29, 1.82) is 0 Å². The molecule has 2 aliphatic rings. The Labute approximate surface area is 128 Å². The molecule has 6 heteroatoms. The predicted octanol–water partition coefficient (Wildman–Crippen LogP) is 1.47. The van der Waals surface area contributed by atoms with Crippen LogP contribution < -0.4 is 0 Å². The Bertz CT molecular complexity index is 553. The molecule has 0 bridgehead atoms. The molecule has 0 aliphatic carbocycles. The summed E-state index contributed by atoms with van der Waals surface area (Å²) in [6.07, 6.45) is -1.97. The fraction of sp³-hybridized carbons (Fsp3) is 0.562. The van der Waals surface area contributed by atoms with Crippen LogP contribution in [0.2, 0.25) is 0 Å². The minimum Gasteiger partial charge on any atom is -0.459 e. The van der Waals surface area contributed by atoms with Gasteiger partial charge in [0.1, 0.15) is 24.4 Å². The van der Waals surface area contributed by atoms with Gasteiger partial charge in [0.05, 0.1) is 5.56 Å². The Kier molecular flexibility index (Phi) is 3.72. The molecule has 2 heterocycles. The van der Waals surface area contributed by atoms with E-state index < -0.39 is 35.9 Å². The lowest BCUT2D eigenvalue weighted by atomic mass is 9.95. The van der Waals surface area contributed by atoms with Gasteiger partial charge in [-0.2, -0.15) is 0 Å². The number of aliphatic hydroxyl groups is 1. The monoisotopic (exact) mass is 308 g/mol. The summed E-state index contributed by atoms with van der Waals surface area (Å²) in [7, 11) is 0. The number of fused-ring (bicyclic) bond motifs is 1. The first-order valence-electron chi connectivity index (χ1n) is 7.25. The van der Waals surface area contributed by atoms with Crippen LogP contribution in [0, 0.1) is 0 Å². The van der Waals surface area contributed by atoms with E-state index in [9.17, 15) is 9.90 Å². The number of hydrogen-bond donors (Lipinski definition) is 1. The molecule has 4 unspecified atom stereocenters. The quantitative estimate of drug-likeness (QED) is 0.852. The van der Waals surface area contributed by atoms with Crippen molar-refractivity contribution in [3.05, 3.63) is 35.9 Å². The van der Waals surface area contributed by atoms with E-state index in [1.807, 2.05) is 6.07 Å². The van der Waals surface area contributed by atoms with Gasteiger partial charge in [0.2, 0.25) is 0 Å². The van der Waals surface area contributed by atoms with Crippen LogP contribution in [0.5, 0.6) is 0 Å². The smallest absolute Gasteiger partial charge is 0.338 e. The average Bonchev–Trinajstić information content (AvgIpc) is 2.89. The van der Waals surface area contributed by atoms with Gasteiger partial charge in [-0.25, -0.2) is 4.79 Å². The average molecular weight is 308 g/mol. The number of rotatable bonds is 3. The second-order valence-electron chi connectivity index (χ2n) is 6.24. The number of benzene rings is 1. The van der Waals surface area contributed by atoms with Crippen LogP contribution in [0.4, 0.5) is 0 Å². The SMILES string of the molecule is CC1(C)OC2OC(COC(=O)c3ccccc3)C(C)(O)C2O1. The lowest BCUT2D eigenvalue weighted by Crippen LogP contribution is -2.48. The summed E-state index contributed by atoms with van der Waals surface area (Å²) in [6, 6.07) is 8.66. The van der Waals surface area contributed by atoms with E-state index in [4.69, 9.17) is 18.9 Å². The normalized spacial score (nSPS) is 36.1. The lowest BCUT2D eigenvalue weighted by Gasteiger charge is -2.29. The van der Waals surface area contributed by atoms with Gasteiger partial charge in [0, 0.05) is 0 Å². The zero-order valence-corrected chi connectivity index (χ0v) is 12.8. The fourth-order valence-corrected chi connectivity index (χ4v) is 2.72. The topological polar surface area (TPSA) is 74.2 Å². The molecule has 120 valence electrons. The van der Waals surface area contributed by atoms with Crippen molar-refractivity contribution in [3.63, 3.8) is 0 Å². The van der Waals surface area contributed by atoms with Crippen LogP contribution in [0.15, 0.2) is 30.3 Å². The van der Waals surface area contributed by atoms with Gasteiger partial charge in [0.15, 0.2) is 12.1 Å². The highest BCUT2D eigenvalue weighted by Crippen LogP contribution is 2.42. The highest BCUT2D eigenvalue weighted by Gasteiger charge is 2.61. The van der Waals surface area contributed by atoms with Gasteiger partial charge in [-0.1, -0.05) is 18.2 Å². The van der Waals surface area contributed by atoms with E-state index in [1.165, 1.54) is 0 Å². The molecule has 6 nitrogen and oxygen atoms in total. The summed E-state index contributed by atoms with van der Waals surface area (Å²) < 4.78 is 22.1. The second kappa shape index (κ2) is 5.31. The molecule has 1 aromatic carbocycles. The summed E-state index contributed by atoms with van der Waals surface area (Å²) in [4.78, 5) is 11.9. The van der Waals surface area contributed by atoms with Crippen LogP contribution in [0.1, 0.15) is 31.1 Å². The largest absolute Gasteiger partial charge is 0.459 e. The van der Waals surface area contributed by atoms with E-state index in [2.05, 4.69) is 0 Å². The Balaban J connectivity index is 1.62. The van der Waals surface area contributed by atoms with Crippen molar-refractivity contribution < 1.29 is 28.8 Å². The number of carbonyl (C=O) groups excluding carboxylic acids is 1. The third kappa shape index (κ3) is 2.75. The molecule has 0 aromatic heterocycles. The number of hydrogen-bond acceptors (Lipinski definition) is 6. The molecule has 2 fully saturated rings. The van der Waals surface area contributed by atoms with Gasteiger partial charge in [-0.3, -0.25) is 0 Å². The fourth-order valence-electron chi connectivity index (χ4n) is 2.72. The Morgan fingerprint density at radius 1 is 1.23 bits per heavy atom. The maximum atomic E-state index is 11.9. The third-order valence-electron chi connectivity index (χ3n) is 3.96. The van der Waals surface area contributed by atoms with Gasteiger partial charge < -0.3 is 24.1 Å².